The molecule has 0 saturated carbocycles. The lowest BCUT2D eigenvalue weighted by Gasteiger charge is -2.33. The quantitative estimate of drug-likeness (QED) is 0.488. The number of hydroxylamine groups is 1. The molecule has 2 rings (SSSR count). The molecule has 168 valence electrons. The summed E-state index contributed by atoms with van der Waals surface area (Å²) in [5.74, 6) is 0.608. The zero-order chi connectivity index (χ0) is 22.2. The summed E-state index contributed by atoms with van der Waals surface area (Å²) in [5, 5.41) is 0. The average molecular weight is 439 g/mol. The fraction of sp³-hybridized carbons (Fsp3) is 0.591. The number of carbonyl (C=O) groups excluding carboxylic acids is 1. The lowest BCUT2D eigenvalue weighted by atomic mass is 9.92. The van der Waals surface area contributed by atoms with Crippen LogP contribution in [0.4, 0.5) is 4.79 Å². The van der Waals surface area contributed by atoms with Gasteiger partial charge in [0.05, 0.1) is 11.5 Å². The first-order valence-electron chi connectivity index (χ1n) is 10.4. The molecule has 0 radical (unpaired) electrons. The monoisotopic (exact) mass is 438 g/mol. The summed E-state index contributed by atoms with van der Waals surface area (Å²) < 4.78 is 28.3. The molecule has 1 aliphatic rings. The Bertz CT molecular complexity index is 805. The van der Waals surface area contributed by atoms with Gasteiger partial charge in [0.2, 0.25) is 0 Å². The third-order valence-electron chi connectivity index (χ3n) is 4.86. The van der Waals surface area contributed by atoms with Crippen LogP contribution in [0.5, 0.6) is 0 Å². The van der Waals surface area contributed by atoms with Gasteiger partial charge in [-0.1, -0.05) is 12.1 Å². The van der Waals surface area contributed by atoms with E-state index in [2.05, 4.69) is 5.48 Å². The Kier molecular flexibility index (Phi) is 8.73. The van der Waals surface area contributed by atoms with Gasteiger partial charge in [-0.05, 0) is 76.1 Å². The van der Waals surface area contributed by atoms with Crippen molar-refractivity contribution >= 4 is 22.0 Å². The molecule has 0 spiro atoms. The van der Waals surface area contributed by atoms with Crippen molar-refractivity contribution in [3.05, 3.63) is 36.0 Å². The van der Waals surface area contributed by atoms with Gasteiger partial charge in [-0.25, -0.2) is 13.2 Å². The number of hydrogen-bond acceptors (Lipinski definition) is 6. The largest absolute Gasteiger partial charge is 0.444 e. The summed E-state index contributed by atoms with van der Waals surface area (Å²) in [5.41, 5.74) is 3.22. The predicted octanol–water partition coefficient (Wildman–Crippen LogP) is 4.01. The van der Waals surface area contributed by atoms with E-state index < -0.39 is 15.4 Å². The SMILES string of the molecule is CC(C)(C)OC(=O)N1CCC(CCCONC=Cc2ccc(S(C)(=O)=O)cc2)CC1. The van der Waals surface area contributed by atoms with Crippen LogP contribution in [0.3, 0.4) is 0 Å². The summed E-state index contributed by atoms with van der Waals surface area (Å²) in [4.78, 5) is 19.6. The highest BCUT2D eigenvalue weighted by Crippen LogP contribution is 2.23. The Morgan fingerprint density at radius 1 is 1.20 bits per heavy atom. The minimum Gasteiger partial charge on any atom is -0.444 e. The number of nitrogens with one attached hydrogen (secondary N) is 1. The van der Waals surface area contributed by atoms with Crippen LogP contribution >= 0.6 is 0 Å². The van der Waals surface area contributed by atoms with Gasteiger partial charge in [0, 0.05) is 25.5 Å². The molecular weight excluding hydrogens is 404 g/mol. The first-order chi connectivity index (χ1) is 14.0. The third kappa shape index (κ3) is 8.75. The molecule has 1 heterocycles. The van der Waals surface area contributed by atoms with Crippen LogP contribution in [-0.4, -0.2) is 51.0 Å². The van der Waals surface area contributed by atoms with Crippen molar-refractivity contribution in [2.24, 2.45) is 5.92 Å². The van der Waals surface area contributed by atoms with Crippen LogP contribution in [0.2, 0.25) is 0 Å². The number of rotatable bonds is 8. The van der Waals surface area contributed by atoms with E-state index in [-0.39, 0.29) is 6.09 Å². The van der Waals surface area contributed by atoms with Crippen LogP contribution < -0.4 is 5.48 Å². The highest BCUT2D eigenvalue weighted by molar-refractivity contribution is 7.90. The Morgan fingerprint density at radius 3 is 2.40 bits per heavy atom. The standard InChI is InChI=1S/C22H34N2O5S/c1-22(2,3)29-21(25)24-15-12-18(13-16-24)6-5-17-28-23-14-11-19-7-9-20(10-8-19)30(4,26)27/h7-11,14,18,23H,5-6,12-13,15-17H2,1-4H3. The van der Waals surface area contributed by atoms with Gasteiger partial charge >= 0.3 is 6.09 Å². The second kappa shape index (κ2) is 10.8. The van der Waals surface area contributed by atoms with Gasteiger partial charge in [0.1, 0.15) is 5.60 Å². The van der Waals surface area contributed by atoms with Gasteiger partial charge in [0.25, 0.3) is 0 Å². The number of ether oxygens (including phenoxy) is 1. The lowest BCUT2D eigenvalue weighted by Crippen LogP contribution is -2.41. The normalized spacial score (nSPS) is 16.1. The van der Waals surface area contributed by atoms with Gasteiger partial charge in [-0.15, -0.1) is 0 Å². The fourth-order valence-corrected chi connectivity index (χ4v) is 3.87. The van der Waals surface area contributed by atoms with E-state index in [1.807, 2.05) is 26.8 Å². The molecule has 1 aromatic rings. The summed E-state index contributed by atoms with van der Waals surface area (Å²) in [6.45, 7) is 7.75. The van der Waals surface area contributed by atoms with E-state index in [1.54, 1.807) is 35.4 Å². The summed E-state index contributed by atoms with van der Waals surface area (Å²) in [7, 11) is -3.17. The summed E-state index contributed by atoms with van der Waals surface area (Å²) in [6, 6.07) is 6.67. The van der Waals surface area contributed by atoms with E-state index in [0.717, 1.165) is 44.3 Å². The molecule has 1 aliphatic heterocycles. The molecule has 0 bridgehead atoms. The molecular formula is C22H34N2O5S. The molecule has 1 saturated heterocycles. The number of piperidine rings is 1. The van der Waals surface area contributed by atoms with Crippen molar-refractivity contribution in [3.63, 3.8) is 0 Å². The first kappa shape index (κ1) is 24.2. The number of amides is 1. The number of benzene rings is 1. The first-order valence-corrected chi connectivity index (χ1v) is 12.3. The molecule has 8 heteroatoms. The van der Waals surface area contributed by atoms with Crippen LogP contribution in [0, 0.1) is 5.92 Å². The van der Waals surface area contributed by atoms with Gasteiger partial charge < -0.3 is 9.64 Å². The lowest BCUT2D eigenvalue weighted by molar-refractivity contribution is 0.0171. The Morgan fingerprint density at radius 2 is 1.83 bits per heavy atom. The van der Waals surface area contributed by atoms with Crippen molar-refractivity contribution in [2.45, 2.75) is 57.0 Å². The third-order valence-corrected chi connectivity index (χ3v) is 5.99. The minimum absolute atomic E-state index is 0.216. The van der Waals surface area contributed by atoms with Crippen molar-refractivity contribution < 1.29 is 22.8 Å². The van der Waals surface area contributed by atoms with E-state index in [9.17, 15) is 13.2 Å². The van der Waals surface area contributed by atoms with Gasteiger partial charge in [-0.2, -0.15) is 0 Å². The molecule has 1 aromatic carbocycles. The van der Waals surface area contributed by atoms with E-state index in [4.69, 9.17) is 9.57 Å². The predicted molar refractivity (Wildman–Crippen MR) is 117 cm³/mol. The molecule has 1 fully saturated rings. The molecule has 30 heavy (non-hydrogen) atoms. The van der Waals surface area contributed by atoms with Crippen LogP contribution in [0.25, 0.3) is 6.08 Å². The summed E-state index contributed by atoms with van der Waals surface area (Å²) >= 11 is 0. The number of likely N-dealkylation sites (tertiary alicyclic amines) is 1. The zero-order valence-electron chi connectivity index (χ0n) is 18.4. The van der Waals surface area contributed by atoms with Gasteiger partial charge in [-0.3, -0.25) is 10.3 Å². The van der Waals surface area contributed by atoms with Crippen molar-refractivity contribution in [3.8, 4) is 0 Å². The fourth-order valence-electron chi connectivity index (χ4n) is 3.24. The van der Waals surface area contributed by atoms with Gasteiger partial charge in [0.15, 0.2) is 9.84 Å². The molecule has 0 unspecified atom stereocenters. The van der Waals surface area contributed by atoms with Crippen LogP contribution in [-0.2, 0) is 19.4 Å². The average Bonchev–Trinajstić information content (AvgIpc) is 2.66. The number of hydrogen-bond donors (Lipinski definition) is 1. The highest BCUT2D eigenvalue weighted by atomic mass is 32.2. The van der Waals surface area contributed by atoms with Crippen molar-refractivity contribution in [1.82, 2.24) is 10.4 Å². The topological polar surface area (TPSA) is 84.9 Å². The molecule has 0 aromatic heterocycles. The van der Waals surface area contributed by atoms with Crippen LogP contribution in [0.15, 0.2) is 35.4 Å². The Balaban J connectivity index is 1.57. The maximum absolute atomic E-state index is 12.1. The number of sulfone groups is 1. The molecule has 0 atom stereocenters. The number of nitrogens with zero attached hydrogens (tertiary/aromatic N) is 1. The van der Waals surface area contributed by atoms with E-state index in [0.29, 0.717) is 17.4 Å². The maximum Gasteiger partial charge on any atom is 0.410 e. The van der Waals surface area contributed by atoms with E-state index in [1.165, 1.54) is 6.26 Å². The molecule has 7 nitrogen and oxygen atoms in total. The Hall–Kier alpha value is -2.06. The van der Waals surface area contributed by atoms with Crippen molar-refractivity contribution in [2.75, 3.05) is 26.0 Å². The second-order valence-corrected chi connectivity index (χ2v) is 10.7. The minimum atomic E-state index is -3.17. The highest BCUT2D eigenvalue weighted by Gasteiger charge is 2.26. The molecule has 1 amide bonds. The molecule has 0 aliphatic carbocycles. The second-order valence-electron chi connectivity index (χ2n) is 8.69. The smallest absolute Gasteiger partial charge is 0.410 e. The zero-order valence-corrected chi connectivity index (χ0v) is 19.2. The number of carbonyl (C=O) groups is 1. The maximum atomic E-state index is 12.1. The summed E-state index contributed by atoms with van der Waals surface area (Å²) in [6.07, 6.45) is 8.49. The van der Waals surface area contributed by atoms with Crippen molar-refractivity contribution in [1.29, 1.82) is 0 Å². The Labute approximate surface area is 180 Å². The van der Waals surface area contributed by atoms with Crippen LogP contribution in [0.1, 0.15) is 52.0 Å². The van der Waals surface area contributed by atoms with E-state index >= 15 is 0 Å². The molecule has 1 N–H and O–H groups in total.